The van der Waals surface area contributed by atoms with E-state index in [1.807, 2.05) is 0 Å². The third-order valence-electron chi connectivity index (χ3n) is 3.18. The summed E-state index contributed by atoms with van der Waals surface area (Å²) in [4.78, 5) is 15.2. The molecule has 0 radical (unpaired) electrons. The van der Waals surface area contributed by atoms with Crippen molar-refractivity contribution >= 4 is 12.0 Å². The maximum Gasteiger partial charge on any atom is 0.330 e. The molecule has 6 heteroatoms. The minimum atomic E-state index is -0.471. The third kappa shape index (κ3) is 5.20. The highest BCUT2D eigenvalue weighted by Gasteiger charge is 2.15. The molecule has 2 heterocycles. The molecule has 22 heavy (non-hydrogen) atoms. The van der Waals surface area contributed by atoms with Crippen LogP contribution in [-0.4, -0.2) is 30.5 Å². The molecule has 120 valence electrons. The van der Waals surface area contributed by atoms with Crippen molar-refractivity contribution in [3.05, 3.63) is 35.4 Å². The first-order chi connectivity index (χ1) is 10.7. The van der Waals surface area contributed by atoms with Gasteiger partial charge >= 0.3 is 5.97 Å². The summed E-state index contributed by atoms with van der Waals surface area (Å²) in [6.45, 7) is 2.77. The zero-order valence-electron chi connectivity index (χ0n) is 12.6. The number of hydrogen-bond donors (Lipinski definition) is 0. The summed E-state index contributed by atoms with van der Waals surface area (Å²) < 4.78 is 29.6. The predicted molar refractivity (Wildman–Crippen MR) is 78.2 cm³/mol. The molecule has 2 rings (SSSR count). The van der Waals surface area contributed by atoms with Gasteiger partial charge in [0.1, 0.15) is 11.5 Å². The fourth-order valence-corrected chi connectivity index (χ4v) is 2.05. The van der Waals surface area contributed by atoms with E-state index in [9.17, 15) is 9.18 Å². The summed E-state index contributed by atoms with van der Waals surface area (Å²) in [6.07, 6.45) is 6.82. The number of esters is 1. The molecule has 1 unspecified atom stereocenters. The molecular weight excluding hydrogens is 289 g/mol. The average Bonchev–Trinajstić information content (AvgIpc) is 2.53. The van der Waals surface area contributed by atoms with Crippen molar-refractivity contribution in [2.24, 2.45) is 0 Å². The first-order valence-electron chi connectivity index (χ1n) is 7.41. The third-order valence-corrected chi connectivity index (χ3v) is 3.18. The van der Waals surface area contributed by atoms with Crippen molar-refractivity contribution < 1.29 is 23.4 Å². The summed E-state index contributed by atoms with van der Waals surface area (Å²) in [7, 11) is 0. The number of carbonyl (C=O) groups excluding carboxylic acids is 1. The van der Waals surface area contributed by atoms with Gasteiger partial charge in [0.25, 0.3) is 0 Å². The maximum atomic E-state index is 13.9. The molecule has 0 saturated carbocycles. The Balaban J connectivity index is 1.90. The van der Waals surface area contributed by atoms with E-state index in [0.29, 0.717) is 18.8 Å². The summed E-state index contributed by atoms with van der Waals surface area (Å²) in [6, 6.07) is 1.31. The van der Waals surface area contributed by atoms with Crippen molar-refractivity contribution in [2.45, 2.75) is 39.1 Å². The number of halogens is 1. The number of pyridine rings is 1. The van der Waals surface area contributed by atoms with Crippen molar-refractivity contribution in [1.29, 1.82) is 0 Å². The highest BCUT2D eigenvalue weighted by atomic mass is 19.1. The molecule has 1 aliphatic rings. The predicted octanol–water partition coefficient (Wildman–Crippen LogP) is 2.84. The van der Waals surface area contributed by atoms with Crippen LogP contribution in [0.4, 0.5) is 4.39 Å². The zero-order chi connectivity index (χ0) is 15.8. The van der Waals surface area contributed by atoms with Crippen LogP contribution in [0.3, 0.4) is 0 Å². The van der Waals surface area contributed by atoms with Gasteiger partial charge in [0.15, 0.2) is 6.29 Å². The van der Waals surface area contributed by atoms with Gasteiger partial charge in [0.2, 0.25) is 0 Å². The van der Waals surface area contributed by atoms with Crippen LogP contribution in [0.2, 0.25) is 0 Å². The normalized spacial score (nSPS) is 18.5. The summed E-state index contributed by atoms with van der Waals surface area (Å²) in [5.74, 6) is -0.938. The Labute approximate surface area is 129 Å². The van der Waals surface area contributed by atoms with Gasteiger partial charge in [-0.2, -0.15) is 0 Å². The quantitative estimate of drug-likeness (QED) is 0.597. The lowest BCUT2D eigenvalue weighted by Crippen LogP contribution is -2.22. The molecule has 0 aromatic carbocycles. The van der Waals surface area contributed by atoms with Gasteiger partial charge in [0.05, 0.1) is 13.2 Å². The van der Waals surface area contributed by atoms with Crippen molar-refractivity contribution in [3.8, 4) is 0 Å². The highest BCUT2D eigenvalue weighted by molar-refractivity contribution is 5.86. The number of rotatable bonds is 6. The number of carbonyl (C=O) groups is 1. The molecule has 1 saturated heterocycles. The molecule has 1 aromatic heterocycles. The Morgan fingerprint density at radius 1 is 1.55 bits per heavy atom. The van der Waals surface area contributed by atoms with Gasteiger partial charge in [-0.15, -0.1) is 0 Å². The van der Waals surface area contributed by atoms with Gasteiger partial charge < -0.3 is 14.2 Å². The number of nitrogens with zero attached hydrogens (tertiary/aromatic N) is 1. The Kier molecular flexibility index (Phi) is 6.48. The standard InChI is InChI=1S/C16H20FNO4/c1-2-20-15(19)7-6-12-9-13(17)14(18-10-12)11-22-16-5-3-4-8-21-16/h6-7,9-10,16H,2-5,8,11H2,1H3/b7-6+. The second kappa shape index (κ2) is 8.60. The second-order valence-corrected chi connectivity index (χ2v) is 4.89. The van der Waals surface area contributed by atoms with E-state index < -0.39 is 11.8 Å². The first-order valence-corrected chi connectivity index (χ1v) is 7.41. The van der Waals surface area contributed by atoms with Crippen LogP contribution in [0.15, 0.2) is 18.3 Å². The lowest BCUT2D eigenvalue weighted by atomic mass is 10.2. The minimum absolute atomic E-state index is 0.0678. The van der Waals surface area contributed by atoms with Crippen LogP contribution in [0.25, 0.3) is 6.08 Å². The van der Waals surface area contributed by atoms with Crippen LogP contribution in [0.5, 0.6) is 0 Å². The van der Waals surface area contributed by atoms with Crippen LogP contribution in [-0.2, 0) is 25.6 Å². The smallest absolute Gasteiger partial charge is 0.330 e. The molecule has 0 N–H and O–H groups in total. The maximum absolute atomic E-state index is 13.9. The number of hydrogen-bond acceptors (Lipinski definition) is 5. The van der Waals surface area contributed by atoms with Crippen LogP contribution in [0.1, 0.15) is 37.4 Å². The molecular formula is C16H20FNO4. The second-order valence-electron chi connectivity index (χ2n) is 4.89. The molecule has 0 aliphatic carbocycles. The number of aromatic nitrogens is 1. The molecule has 1 atom stereocenters. The highest BCUT2D eigenvalue weighted by Crippen LogP contribution is 2.16. The monoisotopic (exact) mass is 309 g/mol. The SMILES string of the molecule is CCOC(=O)/C=C/c1cnc(COC2CCCCO2)c(F)c1. The van der Waals surface area contributed by atoms with E-state index in [1.54, 1.807) is 6.92 Å². The summed E-state index contributed by atoms with van der Waals surface area (Å²) >= 11 is 0. The molecule has 5 nitrogen and oxygen atoms in total. The molecule has 0 bridgehead atoms. The fourth-order valence-electron chi connectivity index (χ4n) is 2.05. The van der Waals surface area contributed by atoms with E-state index in [1.165, 1.54) is 24.4 Å². The zero-order valence-corrected chi connectivity index (χ0v) is 12.6. The Hall–Kier alpha value is -1.79. The van der Waals surface area contributed by atoms with E-state index in [-0.39, 0.29) is 18.6 Å². The van der Waals surface area contributed by atoms with E-state index in [0.717, 1.165) is 19.3 Å². The number of ether oxygens (including phenoxy) is 3. The average molecular weight is 309 g/mol. The van der Waals surface area contributed by atoms with Gasteiger partial charge in [0, 0.05) is 18.9 Å². The van der Waals surface area contributed by atoms with Gasteiger partial charge in [-0.1, -0.05) is 0 Å². The topological polar surface area (TPSA) is 57.7 Å². The van der Waals surface area contributed by atoms with Crippen LogP contribution >= 0.6 is 0 Å². The van der Waals surface area contributed by atoms with E-state index in [4.69, 9.17) is 14.2 Å². The fraction of sp³-hybridized carbons (Fsp3) is 0.500. The first kappa shape index (κ1) is 16.6. The molecule has 0 amide bonds. The van der Waals surface area contributed by atoms with Crippen LogP contribution < -0.4 is 0 Å². The van der Waals surface area contributed by atoms with Gasteiger partial charge in [-0.3, -0.25) is 4.98 Å². The Morgan fingerprint density at radius 3 is 3.09 bits per heavy atom. The summed E-state index contributed by atoms with van der Waals surface area (Å²) in [5, 5.41) is 0. The van der Waals surface area contributed by atoms with Crippen LogP contribution in [0, 0.1) is 5.82 Å². The van der Waals surface area contributed by atoms with Crippen molar-refractivity contribution in [2.75, 3.05) is 13.2 Å². The molecule has 1 aromatic rings. The molecule has 1 aliphatic heterocycles. The van der Waals surface area contributed by atoms with Crippen molar-refractivity contribution in [1.82, 2.24) is 4.98 Å². The molecule has 0 spiro atoms. The summed E-state index contributed by atoms with van der Waals surface area (Å²) in [5.41, 5.74) is 0.714. The van der Waals surface area contributed by atoms with Gasteiger partial charge in [-0.25, -0.2) is 9.18 Å². The lowest BCUT2D eigenvalue weighted by molar-refractivity contribution is -0.169. The van der Waals surface area contributed by atoms with E-state index in [2.05, 4.69) is 4.98 Å². The van der Waals surface area contributed by atoms with Gasteiger partial charge in [-0.05, 0) is 43.9 Å². The molecule has 1 fully saturated rings. The minimum Gasteiger partial charge on any atom is -0.463 e. The Bertz CT molecular complexity index is 527. The lowest BCUT2D eigenvalue weighted by Gasteiger charge is -2.22. The van der Waals surface area contributed by atoms with E-state index >= 15 is 0 Å². The van der Waals surface area contributed by atoms with Crippen molar-refractivity contribution in [3.63, 3.8) is 0 Å². The largest absolute Gasteiger partial charge is 0.463 e. The Morgan fingerprint density at radius 2 is 2.41 bits per heavy atom.